The van der Waals surface area contributed by atoms with Gasteiger partial charge in [0.2, 0.25) is 0 Å². The van der Waals surface area contributed by atoms with E-state index in [1.165, 1.54) is 24.1 Å². The largest absolute Gasteiger partial charge is 0.504 e. The minimum Gasteiger partial charge on any atom is -0.504 e. The number of hydrogen-bond donors (Lipinski definition) is 2. The number of rotatable bonds is 3. The highest BCUT2D eigenvalue weighted by atomic mass is 19.1. The maximum absolute atomic E-state index is 14.8. The number of methoxy groups -OCH3 is 1. The summed E-state index contributed by atoms with van der Waals surface area (Å²) in [6.07, 6.45) is 0.773. The lowest BCUT2D eigenvalue weighted by Gasteiger charge is -2.43. The number of nitrogens with two attached hydrogens (primary N) is 1. The summed E-state index contributed by atoms with van der Waals surface area (Å²) < 4.78 is 20.1. The number of nitriles is 1. The third-order valence-electron chi connectivity index (χ3n) is 6.01. The first-order valence-corrected chi connectivity index (χ1v) is 10.3. The molecule has 1 unspecified atom stereocenters. The van der Waals surface area contributed by atoms with Crippen LogP contribution in [0.5, 0.6) is 11.5 Å². The number of allylic oxidation sites excluding steroid dienone is 3. The van der Waals surface area contributed by atoms with Gasteiger partial charge in [0.1, 0.15) is 11.6 Å². The van der Waals surface area contributed by atoms with Crippen LogP contribution in [0.1, 0.15) is 38.2 Å². The average Bonchev–Trinajstić information content (AvgIpc) is 2.73. The maximum atomic E-state index is 14.8. The van der Waals surface area contributed by atoms with Crippen molar-refractivity contribution in [3.63, 3.8) is 0 Å². The van der Waals surface area contributed by atoms with Crippen molar-refractivity contribution in [2.75, 3.05) is 12.0 Å². The molecule has 164 valence electrons. The van der Waals surface area contributed by atoms with Crippen molar-refractivity contribution in [3.8, 4) is 17.6 Å². The average molecular weight is 433 g/mol. The molecule has 0 fully saturated rings. The number of ether oxygens (including phenoxy) is 1. The van der Waals surface area contributed by atoms with Crippen LogP contribution in [0.4, 0.5) is 10.1 Å². The second-order valence-electron chi connectivity index (χ2n) is 8.86. The molecule has 2 aromatic rings. The maximum Gasteiger partial charge on any atom is 0.162 e. The summed E-state index contributed by atoms with van der Waals surface area (Å²) >= 11 is 0. The van der Waals surface area contributed by atoms with Crippen molar-refractivity contribution in [3.05, 3.63) is 76.5 Å². The predicted octanol–water partition coefficient (Wildman–Crippen LogP) is 4.48. The number of aromatic hydroxyl groups is 1. The Kier molecular flexibility index (Phi) is 5.17. The molecule has 0 radical (unpaired) electrons. The molecule has 0 bridgehead atoms. The lowest BCUT2D eigenvalue weighted by atomic mass is 9.68. The highest BCUT2D eigenvalue weighted by Crippen LogP contribution is 2.51. The summed E-state index contributed by atoms with van der Waals surface area (Å²) in [5.74, 6) is -1.11. The normalized spacial score (nSPS) is 20.2. The molecule has 32 heavy (non-hydrogen) atoms. The Morgan fingerprint density at radius 3 is 2.62 bits per heavy atom. The van der Waals surface area contributed by atoms with Crippen molar-refractivity contribution < 1.29 is 19.0 Å². The van der Waals surface area contributed by atoms with Gasteiger partial charge in [0, 0.05) is 17.7 Å². The molecule has 1 aliphatic carbocycles. The van der Waals surface area contributed by atoms with Gasteiger partial charge in [0.25, 0.3) is 0 Å². The monoisotopic (exact) mass is 433 g/mol. The Hall–Kier alpha value is -3.79. The van der Waals surface area contributed by atoms with Gasteiger partial charge < -0.3 is 15.6 Å². The molecule has 3 N–H and O–H groups in total. The van der Waals surface area contributed by atoms with Crippen molar-refractivity contribution in [2.24, 2.45) is 11.1 Å². The lowest BCUT2D eigenvalue weighted by Crippen LogP contribution is -2.42. The number of nitrogens with zero attached hydrogens (tertiary/aromatic N) is 2. The quantitative estimate of drug-likeness (QED) is 0.740. The van der Waals surface area contributed by atoms with E-state index in [2.05, 4.69) is 6.07 Å². The number of halogens is 1. The van der Waals surface area contributed by atoms with Gasteiger partial charge >= 0.3 is 0 Å². The van der Waals surface area contributed by atoms with Crippen molar-refractivity contribution >= 4 is 11.5 Å². The van der Waals surface area contributed by atoms with Gasteiger partial charge in [-0.25, -0.2) is 4.39 Å². The molecule has 0 spiro atoms. The summed E-state index contributed by atoms with van der Waals surface area (Å²) in [5, 5.41) is 20.1. The summed E-state index contributed by atoms with van der Waals surface area (Å²) in [7, 11) is 1.42. The van der Waals surface area contributed by atoms with Crippen LogP contribution in [-0.2, 0) is 4.79 Å². The van der Waals surface area contributed by atoms with E-state index < -0.39 is 11.7 Å². The summed E-state index contributed by atoms with van der Waals surface area (Å²) in [5.41, 5.74) is 8.07. The molecule has 2 aromatic carbocycles. The highest BCUT2D eigenvalue weighted by Gasteiger charge is 2.45. The van der Waals surface area contributed by atoms with E-state index in [-0.39, 0.29) is 39.8 Å². The van der Waals surface area contributed by atoms with Crippen molar-refractivity contribution in [1.29, 1.82) is 5.26 Å². The van der Waals surface area contributed by atoms with Crippen molar-refractivity contribution in [1.82, 2.24) is 0 Å². The molecule has 0 saturated heterocycles. The first-order chi connectivity index (χ1) is 15.2. The van der Waals surface area contributed by atoms with Gasteiger partial charge in [-0.05, 0) is 41.7 Å². The molecular formula is C25H24FN3O3. The zero-order valence-corrected chi connectivity index (χ0v) is 18.1. The van der Waals surface area contributed by atoms with Crippen LogP contribution in [0.25, 0.3) is 0 Å². The first kappa shape index (κ1) is 21.4. The second kappa shape index (κ2) is 7.72. The number of para-hydroxylation sites is 1. The second-order valence-corrected chi connectivity index (χ2v) is 8.86. The third kappa shape index (κ3) is 3.38. The minimum absolute atomic E-state index is 0.0548. The molecule has 1 heterocycles. The Morgan fingerprint density at radius 2 is 1.97 bits per heavy atom. The molecule has 0 saturated carbocycles. The number of carbonyl (C=O) groups excluding carboxylic acids is 1. The zero-order chi connectivity index (χ0) is 23.2. The van der Waals surface area contributed by atoms with Gasteiger partial charge in [-0.1, -0.05) is 32.0 Å². The van der Waals surface area contributed by atoms with E-state index in [1.54, 1.807) is 30.3 Å². The number of ketones is 1. The lowest BCUT2D eigenvalue weighted by molar-refractivity contribution is -0.118. The van der Waals surface area contributed by atoms with Gasteiger partial charge in [-0.2, -0.15) is 5.26 Å². The third-order valence-corrected chi connectivity index (χ3v) is 6.01. The molecule has 0 amide bonds. The molecule has 0 aromatic heterocycles. The van der Waals surface area contributed by atoms with Crippen LogP contribution in [0, 0.1) is 22.6 Å². The van der Waals surface area contributed by atoms with E-state index in [0.717, 1.165) is 0 Å². The van der Waals surface area contributed by atoms with E-state index in [1.807, 2.05) is 13.8 Å². The zero-order valence-electron chi connectivity index (χ0n) is 18.1. The topological polar surface area (TPSA) is 99.6 Å². The van der Waals surface area contributed by atoms with E-state index in [9.17, 15) is 19.6 Å². The Balaban J connectivity index is 2.02. The number of Topliss-reactive ketones (excluding diaryl/α,β-unsaturated/α-hetero) is 1. The molecule has 1 aliphatic heterocycles. The number of carbonyl (C=O) groups is 1. The van der Waals surface area contributed by atoms with Gasteiger partial charge in [-0.15, -0.1) is 0 Å². The Labute approximate surface area is 186 Å². The number of phenols is 1. The predicted molar refractivity (Wildman–Crippen MR) is 118 cm³/mol. The molecule has 4 rings (SSSR count). The van der Waals surface area contributed by atoms with E-state index >= 15 is 0 Å². The number of phenolic OH excluding ortho intramolecular Hbond substituents is 1. The van der Waals surface area contributed by atoms with Gasteiger partial charge in [-0.3, -0.25) is 9.69 Å². The summed E-state index contributed by atoms with van der Waals surface area (Å²) in [6, 6.07) is 13.0. The summed E-state index contributed by atoms with van der Waals surface area (Å²) in [4.78, 5) is 15.0. The van der Waals surface area contributed by atoms with Crippen molar-refractivity contribution in [2.45, 2.75) is 32.6 Å². The minimum atomic E-state index is -0.740. The van der Waals surface area contributed by atoms with Gasteiger partial charge in [0.15, 0.2) is 17.3 Å². The molecule has 6 nitrogen and oxygen atoms in total. The van der Waals surface area contributed by atoms with Crippen LogP contribution >= 0.6 is 0 Å². The van der Waals surface area contributed by atoms with Crippen LogP contribution in [-0.4, -0.2) is 18.0 Å². The summed E-state index contributed by atoms with van der Waals surface area (Å²) in [6.45, 7) is 3.96. The smallest absolute Gasteiger partial charge is 0.162 e. The van der Waals surface area contributed by atoms with Crippen LogP contribution in [0.15, 0.2) is 65.1 Å². The van der Waals surface area contributed by atoms with Crippen LogP contribution in [0.2, 0.25) is 0 Å². The van der Waals surface area contributed by atoms with Gasteiger partial charge in [0.05, 0.1) is 30.4 Å². The van der Waals surface area contributed by atoms with Crippen LogP contribution in [0.3, 0.4) is 0 Å². The number of hydrogen-bond acceptors (Lipinski definition) is 6. The van der Waals surface area contributed by atoms with Crippen LogP contribution < -0.4 is 15.4 Å². The van der Waals surface area contributed by atoms with E-state index in [4.69, 9.17) is 10.5 Å². The molecule has 7 heteroatoms. The molecule has 2 aliphatic rings. The SMILES string of the molecule is COc1cc(C2C(C#N)=C(N)N(c3ccccc3F)C3=C2C(=O)CC(C)(C)C3)ccc1O. The molecular weight excluding hydrogens is 409 g/mol. The molecule has 1 atom stereocenters. The fourth-order valence-electron chi connectivity index (χ4n) is 4.62. The fraction of sp³-hybridized carbons (Fsp3) is 0.280. The number of benzene rings is 2. The van der Waals surface area contributed by atoms with E-state index in [0.29, 0.717) is 29.7 Å². The standard InChI is InChI=1S/C25H24FN3O3/c1-25(2)11-18-23(20(31)12-25)22(14-8-9-19(30)21(10-14)32-3)15(13-27)24(28)29(18)17-7-5-4-6-16(17)26/h4-10,22,30H,11-12,28H2,1-3H3. The number of anilines is 1. The Bertz CT molecular complexity index is 1220. The highest BCUT2D eigenvalue weighted by molar-refractivity contribution is 6.01. The first-order valence-electron chi connectivity index (χ1n) is 10.3. The Morgan fingerprint density at radius 1 is 1.25 bits per heavy atom. The fourth-order valence-corrected chi connectivity index (χ4v) is 4.62.